The van der Waals surface area contributed by atoms with E-state index in [-0.39, 0.29) is 0 Å². The van der Waals surface area contributed by atoms with Gasteiger partial charge in [0.1, 0.15) is 5.75 Å². The van der Waals surface area contributed by atoms with E-state index in [1.807, 2.05) is 18.2 Å². The smallest absolute Gasteiger partial charge is 0.142 e. The van der Waals surface area contributed by atoms with Crippen molar-refractivity contribution in [3.8, 4) is 5.75 Å². The van der Waals surface area contributed by atoms with E-state index in [2.05, 4.69) is 42.1 Å². The second-order valence-corrected chi connectivity index (χ2v) is 5.05. The molecule has 0 aliphatic carbocycles. The van der Waals surface area contributed by atoms with Gasteiger partial charge in [0.2, 0.25) is 0 Å². The van der Waals surface area contributed by atoms with Crippen molar-refractivity contribution in [2.24, 2.45) is 0 Å². The number of thiophene rings is 1. The van der Waals surface area contributed by atoms with Crippen LogP contribution in [0.1, 0.15) is 31.9 Å². The van der Waals surface area contributed by atoms with Gasteiger partial charge in [0, 0.05) is 6.04 Å². The predicted octanol–water partition coefficient (Wildman–Crippen LogP) is 4.71. The number of hydrogen-bond donors (Lipinski definition) is 1. The van der Waals surface area contributed by atoms with E-state index in [4.69, 9.17) is 4.74 Å². The number of benzene rings is 1. The number of nitrogens with one attached hydrogen (secondary N) is 1. The van der Waals surface area contributed by atoms with E-state index >= 15 is 0 Å². The molecule has 0 aliphatic rings. The lowest BCUT2D eigenvalue weighted by atomic mass is 10.1. The Bertz CT molecular complexity index is 467. The molecule has 0 saturated heterocycles. The van der Waals surface area contributed by atoms with Crippen LogP contribution in [0.2, 0.25) is 0 Å². The van der Waals surface area contributed by atoms with Crippen molar-refractivity contribution >= 4 is 17.0 Å². The van der Waals surface area contributed by atoms with Crippen LogP contribution in [0.5, 0.6) is 5.75 Å². The lowest BCUT2D eigenvalue weighted by molar-refractivity contribution is 0.318. The summed E-state index contributed by atoms with van der Waals surface area (Å²) >= 11 is 1.73. The average Bonchev–Trinajstić information content (AvgIpc) is 2.91. The van der Waals surface area contributed by atoms with Crippen molar-refractivity contribution in [2.45, 2.75) is 26.3 Å². The lowest BCUT2D eigenvalue weighted by Crippen LogP contribution is -2.07. The fraction of sp³-hybridized carbons (Fsp3) is 0.333. The van der Waals surface area contributed by atoms with E-state index in [0.717, 1.165) is 24.5 Å². The molecule has 0 bridgehead atoms. The minimum Gasteiger partial charge on any atom is -0.491 e. The Balaban J connectivity index is 2.08. The molecule has 1 N–H and O–H groups in total. The molecule has 2 aromatic rings. The molecule has 1 atom stereocenters. The van der Waals surface area contributed by atoms with Crippen LogP contribution >= 0.6 is 11.3 Å². The van der Waals surface area contributed by atoms with E-state index in [0.29, 0.717) is 6.04 Å². The zero-order chi connectivity index (χ0) is 12.8. The number of anilines is 1. The van der Waals surface area contributed by atoms with E-state index in [1.165, 1.54) is 5.56 Å². The first-order valence-electron chi connectivity index (χ1n) is 6.31. The number of ether oxygens (including phenoxy) is 1. The van der Waals surface area contributed by atoms with E-state index in [9.17, 15) is 0 Å². The summed E-state index contributed by atoms with van der Waals surface area (Å²) in [6.45, 7) is 5.04. The van der Waals surface area contributed by atoms with Crippen LogP contribution in [-0.4, -0.2) is 6.61 Å². The summed E-state index contributed by atoms with van der Waals surface area (Å²) in [6.07, 6.45) is 1.02. The summed E-state index contributed by atoms with van der Waals surface area (Å²) < 4.78 is 5.74. The van der Waals surface area contributed by atoms with Crippen LogP contribution < -0.4 is 10.1 Å². The molecule has 1 aromatic heterocycles. The maximum Gasteiger partial charge on any atom is 0.142 e. The Morgan fingerprint density at radius 3 is 2.83 bits per heavy atom. The second-order valence-electron chi connectivity index (χ2n) is 4.27. The number of para-hydroxylation sites is 2. The van der Waals surface area contributed by atoms with Crippen LogP contribution in [-0.2, 0) is 0 Å². The van der Waals surface area contributed by atoms with Crippen LogP contribution in [0.4, 0.5) is 5.69 Å². The Morgan fingerprint density at radius 2 is 2.11 bits per heavy atom. The Kier molecular flexibility index (Phi) is 4.65. The quantitative estimate of drug-likeness (QED) is 0.813. The van der Waals surface area contributed by atoms with Gasteiger partial charge < -0.3 is 10.1 Å². The van der Waals surface area contributed by atoms with Crippen molar-refractivity contribution in [3.05, 3.63) is 46.7 Å². The summed E-state index contributed by atoms with van der Waals surface area (Å²) in [4.78, 5) is 0. The average molecular weight is 261 g/mol. The normalized spacial score (nSPS) is 12.1. The summed E-state index contributed by atoms with van der Waals surface area (Å²) in [7, 11) is 0. The first kappa shape index (κ1) is 13.0. The first-order chi connectivity index (χ1) is 8.81. The molecule has 0 spiro atoms. The van der Waals surface area contributed by atoms with Gasteiger partial charge in [-0.1, -0.05) is 19.1 Å². The van der Waals surface area contributed by atoms with Crippen molar-refractivity contribution in [2.75, 3.05) is 11.9 Å². The van der Waals surface area contributed by atoms with Gasteiger partial charge in [0.25, 0.3) is 0 Å². The van der Waals surface area contributed by atoms with Crippen LogP contribution in [0.25, 0.3) is 0 Å². The maximum absolute atomic E-state index is 5.74. The van der Waals surface area contributed by atoms with Gasteiger partial charge in [-0.15, -0.1) is 0 Å². The molecule has 1 aromatic carbocycles. The standard InChI is InChI=1S/C15H19NOS/c1-3-9-17-15-7-5-4-6-14(15)16-12(2)13-8-10-18-11-13/h4-8,10-12,16H,3,9H2,1-2H3. The topological polar surface area (TPSA) is 21.3 Å². The molecule has 0 aliphatic heterocycles. The Morgan fingerprint density at radius 1 is 1.28 bits per heavy atom. The highest BCUT2D eigenvalue weighted by Gasteiger charge is 2.08. The third-order valence-electron chi connectivity index (χ3n) is 2.76. The third kappa shape index (κ3) is 3.26. The first-order valence-corrected chi connectivity index (χ1v) is 7.26. The van der Waals surface area contributed by atoms with Gasteiger partial charge in [-0.25, -0.2) is 0 Å². The van der Waals surface area contributed by atoms with Crippen LogP contribution in [0.3, 0.4) is 0 Å². The molecule has 1 heterocycles. The summed E-state index contributed by atoms with van der Waals surface area (Å²) in [6, 6.07) is 10.6. The van der Waals surface area contributed by atoms with Gasteiger partial charge >= 0.3 is 0 Å². The van der Waals surface area contributed by atoms with Crippen molar-refractivity contribution in [1.29, 1.82) is 0 Å². The molecular formula is C15H19NOS. The third-order valence-corrected chi connectivity index (χ3v) is 3.47. The van der Waals surface area contributed by atoms with Gasteiger partial charge in [-0.05, 0) is 47.9 Å². The Labute approximate surface area is 113 Å². The van der Waals surface area contributed by atoms with Crippen molar-refractivity contribution in [1.82, 2.24) is 0 Å². The molecule has 0 saturated carbocycles. The summed E-state index contributed by atoms with van der Waals surface area (Å²) in [5.74, 6) is 0.932. The monoisotopic (exact) mass is 261 g/mol. The van der Waals surface area contributed by atoms with Crippen LogP contribution in [0, 0.1) is 0 Å². The van der Waals surface area contributed by atoms with Crippen LogP contribution in [0.15, 0.2) is 41.1 Å². The summed E-state index contributed by atoms with van der Waals surface area (Å²) in [5, 5.41) is 7.78. The highest BCUT2D eigenvalue weighted by atomic mass is 32.1. The number of hydrogen-bond acceptors (Lipinski definition) is 3. The molecule has 0 radical (unpaired) electrons. The van der Waals surface area contributed by atoms with Crippen molar-refractivity contribution < 1.29 is 4.74 Å². The molecule has 2 nitrogen and oxygen atoms in total. The van der Waals surface area contributed by atoms with Gasteiger partial charge in [0.15, 0.2) is 0 Å². The van der Waals surface area contributed by atoms with E-state index in [1.54, 1.807) is 11.3 Å². The fourth-order valence-electron chi connectivity index (χ4n) is 1.76. The van der Waals surface area contributed by atoms with Crippen molar-refractivity contribution in [3.63, 3.8) is 0 Å². The molecule has 0 amide bonds. The number of rotatable bonds is 6. The highest BCUT2D eigenvalue weighted by molar-refractivity contribution is 7.07. The largest absolute Gasteiger partial charge is 0.491 e. The minimum absolute atomic E-state index is 0.294. The molecule has 2 rings (SSSR count). The predicted molar refractivity (Wildman–Crippen MR) is 78.6 cm³/mol. The highest BCUT2D eigenvalue weighted by Crippen LogP contribution is 2.28. The second kappa shape index (κ2) is 6.45. The molecule has 3 heteroatoms. The molecule has 0 fully saturated rings. The van der Waals surface area contributed by atoms with Gasteiger partial charge in [-0.3, -0.25) is 0 Å². The molecule has 96 valence electrons. The zero-order valence-corrected chi connectivity index (χ0v) is 11.7. The van der Waals surface area contributed by atoms with E-state index < -0.39 is 0 Å². The summed E-state index contributed by atoms with van der Waals surface area (Å²) in [5.41, 5.74) is 2.37. The molecule has 1 unspecified atom stereocenters. The fourth-order valence-corrected chi connectivity index (χ4v) is 2.52. The zero-order valence-electron chi connectivity index (χ0n) is 10.8. The SMILES string of the molecule is CCCOc1ccccc1NC(C)c1ccsc1. The molecular weight excluding hydrogens is 242 g/mol. The maximum atomic E-state index is 5.74. The molecule has 18 heavy (non-hydrogen) atoms. The lowest BCUT2D eigenvalue weighted by Gasteiger charge is -2.17. The van der Waals surface area contributed by atoms with Gasteiger partial charge in [0.05, 0.1) is 12.3 Å². The minimum atomic E-state index is 0.294. The Hall–Kier alpha value is -1.48. The van der Waals surface area contributed by atoms with Gasteiger partial charge in [-0.2, -0.15) is 11.3 Å².